The van der Waals surface area contributed by atoms with E-state index < -0.39 is 17.5 Å². The largest absolute Gasteiger partial charge is 0.363 e. The first kappa shape index (κ1) is 19.3. The van der Waals surface area contributed by atoms with Crippen LogP contribution in [0.5, 0.6) is 0 Å². The van der Waals surface area contributed by atoms with Crippen LogP contribution in [0.4, 0.5) is 5.69 Å². The minimum Gasteiger partial charge on any atom is -0.363 e. The molecule has 9 heteroatoms. The van der Waals surface area contributed by atoms with E-state index in [2.05, 4.69) is 5.16 Å². The maximum Gasteiger partial charge on any atom is 0.330 e. The van der Waals surface area contributed by atoms with Gasteiger partial charge in [0.25, 0.3) is 5.56 Å². The molecule has 0 spiro atoms. The number of anilines is 1. The molecule has 1 aromatic heterocycles. The molecule has 1 aliphatic rings. The van der Waals surface area contributed by atoms with Crippen LogP contribution >= 0.6 is 23.2 Å². The summed E-state index contributed by atoms with van der Waals surface area (Å²) in [4.78, 5) is 32.3. The fourth-order valence-electron chi connectivity index (χ4n) is 3.15. The molecule has 2 aromatic carbocycles. The van der Waals surface area contributed by atoms with E-state index in [0.717, 1.165) is 15.8 Å². The van der Waals surface area contributed by atoms with Crippen LogP contribution in [0.1, 0.15) is 17.4 Å². The molecule has 0 saturated heterocycles. The number of aryl methyl sites for hydroxylation is 1. The van der Waals surface area contributed by atoms with Gasteiger partial charge in [-0.25, -0.2) is 4.79 Å². The van der Waals surface area contributed by atoms with Crippen molar-refractivity contribution >= 4 is 34.7 Å². The number of hydrogen-bond donors (Lipinski definition) is 0. The van der Waals surface area contributed by atoms with Gasteiger partial charge >= 0.3 is 5.69 Å². The van der Waals surface area contributed by atoms with Crippen molar-refractivity contribution in [1.29, 1.82) is 0 Å². The lowest BCUT2D eigenvalue weighted by atomic mass is 10.1. The van der Waals surface area contributed by atoms with Crippen LogP contribution < -0.4 is 16.1 Å². The minimum atomic E-state index is -0.854. The van der Waals surface area contributed by atoms with Crippen LogP contribution in [-0.4, -0.2) is 15.0 Å². The van der Waals surface area contributed by atoms with Crippen LogP contribution in [0.2, 0.25) is 10.0 Å². The van der Waals surface area contributed by atoms with Gasteiger partial charge in [0.15, 0.2) is 5.84 Å². The zero-order valence-electron chi connectivity index (χ0n) is 15.5. The molecule has 4 rings (SSSR count). The molecule has 0 aliphatic carbocycles. The van der Waals surface area contributed by atoms with E-state index in [1.165, 1.54) is 17.8 Å². The van der Waals surface area contributed by atoms with E-state index in [9.17, 15) is 9.59 Å². The Hall–Kier alpha value is -3.03. The highest BCUT2D eigenvalue weighted by Crippen LogP contribution is 2.34. The van der Waals surface area contributed by atoms with Crippen molar-refractivity contribution in [3.05, 3.63) is 96.7 Å². The highest BCUT2D eigenvalue weighted by molar-refractivity contribution is 6.31. The molecule has 1 unspecified atom stereocenters. The highest BCUT2D eigenvalue weighted by atomic mass is 35.5. The van der Waals surface area contributed by atoms with Crippen LogP contribution in [0.25, 0.3) is 0 Å². The summed E-state index contributed by atoms with van der Waals surface area (Å²) in [6, 6.07) is 14.2. The van der Waals surface area contributed by atoms with Crippen LogP contribution in [-0.2, 0) is 18.9 Å². The summed E-state index contributed by atoms with van der Waals surface area (Å²) in [6.45, 7) is 0. The third-order valence-corrected chi connectivity index (χ3v) is 5.15. The smallest absolute Gasteiger partial charge is 0.330 e. The molecule has 0 N–H and O–H groups in total. The zero-order valence-corrected chi connectivity index (χ0v) is 17.1. The second-order valence-corrected chi connectivity index (χ2v) is 7.44. The molecule has 1 aliphatic heterocycles. The normalized spacial score (nSPS) is 15.9. The summed E-state index contributed by atoms with van der Waals surface area (Å²) >= 11 is 12.0. The minimum absolute atomic E-state index is 0.275. The Balaban J connectivity index is 1.87. The Kier molecular flexibility index (Phi) is 4.94. The van der Waals surface area contributed by atoms with Crippen molar-refractivity contribution in [2.45, 2.75) is 6.23 Å². The molecule has 0 fully saturated rings. The SMILES string of the molecule is Cn1cc(C2ON=C(c3ccc(Cl)cc3)N2c2ccc(Cl)cc2)c(=O)n(C)c1=O. The third kappa shape index (κ3) is 3.43. The van der Waals surface area contributed by atoms with E-state index in [-0.39, 0.29) is 5.56 Å². The summed E-state index contributed by atoms with van der Waals surface area (Å²) in [5, 5.41) is 5.40. The molecule has 0 bridgehead atoms. The fraction of sp³-hybridized carbons (Fsp3) is 0.150. The van der Waals surface area contributed by atoms with Crippen LogP contribution in [0, 0.1) is 0 Å². The third-order valence-electron chi connectivity index (χ3n) is 4.65. The molecule has 0 saturated carbocycles. The molecular formula is C20H16Cl2N4O3. The van der Waals surface area contributed by atoms with Gasteiger partial charge in [-0.05, 0) is 48.5 Å². The number of nitrogens with zero attached hydrogens (tertiary/aromatic N) is 4. The average molecular weight is 431 g/mol. The zero-order chi connectivity index (χ0) is 20.7. The summed E-state index contributed by atoms with van der Waals surface area (Å²) in [5.74, 6) is 0.505. The number of rotatable bonds is 3. The number of oxime groups is 1. The molecule has 1 atom stereocenters. The second kappa shape index (κ2) is 7.42. The van der Waals surface area contributed by atoms with Crippen LogP contribution in [0.15, 0.2) is 69.5 Å². The number of aromatic nitrogens is 2. The van der Waals surface area contributed by atoms with Gasteiger partial charge in [-0.15, -0.1) is 0 Å². The van der Waals surface area contributed by atoms with Crippen molar-refractivity contribution in [3.63, 3.8) is 0 Å². The van der Waals surface area contributed by atoms with Crippen molar-refractivity contribution in [1.82, 2.24) is 9.13 Å². The quantitative estimate of drug-likeness (QED) is 0.639. The Morgan fingerprint density at radius 3 is 2.14 bits per heavy atom. The van der Waals surface area contributed by atoms with Crippen molar-refractivity contribution < 1.29 is 4.84 Å². The number of benzene rings is 2. The summed E-state index contributed by atoms with van der Waals surface area (Å²) in [6.07, 6.45) is 0.617. The highest BCUT2D eigenvalue weighted by Gasteiger charge is 2.36. The van der Waals surface area contributed by atoms with E-state index in [1.807, 2.05) is 24.3 Å². The predicted molar refractivity (Wildman–Crippen MR) is 113 cm³/mol. The lowest BCUT2D eigenvalue weighted by Gasteiger charge is -2.25. The van der Waals surface area contributed by atoms with Gasteiger partial charge in [-0.2, -0.15) is 0 Å². The Morgan fingerprint density at radius 1 is 0.931 bits per heavy atom. The molecule has 3 aromatic rings. The van der Waals surface area contributed by atoms with Crippen molar-refractivity contribution in [2.24, 2.45) is 19.3 Å². The van der Waals surface area contributed by atoms with Gasteiger partial charge in [-0.3, -0.25) is 14.3 Å². The van der Waals surface area contributed by atoms with E-state index in [1.54, 1.807) is 36.2 Å². The van der Waals surface area contributed by atoms with Gasteiger partial charge in [0.05, 0.1) is 5.56 Å². The predicted octanol–water partition coefficient (Wildman–Crippen LogP) is 3.29. The van der Waals surface area contributed by atoms with Crippen LogP contribution in [0.3, 0.4) is 0 Å². The lowest BCUT2D eigenvalue weighted by Crippen LogP contribution is -2.42. The number of halogens is 2. The lowest BCUT2D eigenvalue weighted by molar-refractivity contribution is 0.0847. The Morgan fingerprint density at radius 2 is 1.52 bits per heavy atom. The summed E-state index contributed by atoms with van der Waals surface area (Å²) in [5.41, 5.74) is 0.880. The van der Waals surface area contributed by atoms with Gasteiger partial charge in [-0.1, -0.05) is 28.4 Å². The van der Waals surface area contributed by atoms with E-state index >= 15 is 0 Å². The molecule has 148 valence electrons. The first-order valence-corrected chi connectivity index (χ1v) is 9.43. The average Bonchev–Trinajstić information content (AvgIpc) is 3.15. The number of hydrogen-bond acceptors (Lipinski definition) is 5. The Bertz CT molecular complexity index is 1210. The molecule has 7 nitrogen and oxygen atoms in total. The maximum absolute atomic E-state index is 12.8. The van der Waals surface area contributed by atoms with Gasteiger partial charge in [0.1, 0.15) is 0 Å². The maximum atomic E-state index is 12.8. The standard InChI is InChI=1S/C20H16Cl2N4O3/c1-24-11-16(18(27)25(2)20(24)28)19-26(15-9-7-14(22)8-10-15)17(23-29-19)12-3-5-13(21)6-4-12/h3-11,19H,1-2H3. The number of amidine groups is 1. The van der Waals surface area contributed by atoms with Crippen molar-refractivity contribution in [3.8, 4) is 0 Å². The molecule has 0 amide bonds. The van der Waals surface area contributed by atoms with Gasteiger partial charge < -0.3 is 9.40 Å². The molecule has 29 heavy (non-hydrogen) atoms. The summed E-state index contributed by atoms with van der Waals surface area (Å²) < 4.78 is 2.37. The van der Waals surface area contributed by atoms with Crippen molar-refractivity contribution in [2.75, 3.05) is 4.90 Å². The monoisotopic (exact) mass is 430 g/mol. The van der Waals surface area contributed by atoms with Gasteiger partial charge in [0.2, 0.25) is 6.23 Å². The summed E-state index contributed by atoms with van der Waals surface area (Å²) in [7, 11) is 3.00. The molecule has 2 heterocycles. The first-order valence-electron chi connectivity index (χ1n) is 8.68. The van der Waals surface area contributed by atoms with Gasteiger partial charge in [0, 0.05) is 41.6 Å². The molecule has 0 radical (unpaired) electrons. The van der Waals surface area contributed by atoms with E-state index in [0.29, 0.717) is 15.9 Å². The fourth-order valence-corrected chi connectivity index (χ4v) is 3.41. The van der Waals surface area contributed by atoms with E-state index in [4.69, 9.17) is 28.0 Å². The topological polar surface area (TPSA) is 68.8 Å². The first-order chi connectivity index (χ1) is 13.9. The Labute approximate surface area is 176 Å². The second-order valence-electron chi connectivity index (χ2n) is 6.57. The molecular weight excluding hydrogens is 415 g/mol.